The number of carbonyl (C=O) groups excluding carboxylic acids is 1. The second-order valence-electron chi connectivity index (χ2n) is 8.59. The van der Waals surface area contributed by atoms with Gasteiger partial charge in [-0.05, 0) is 68.1 Å². The van der Waals surface area contributed by atoms with Gasteiger partial charge in [0.25, 0.3) is 0 Å². The fourth-order valence-corrected chi connectivity index (χ4v) is 5.03. The van der Waals surface area contributed by atoms with E-state index in [-0.39, 0.29) is 34.8 Å². The highest BCUT2D eigenvalue weighted by Gasteiger charge is 2.21. The fraction of sp³-hybridized carbons (Fsp3) is 0.400. The SMILES string of the molecule is CCS(=O)(=O)c1ccc(-c2nnc(C(=O)NCCC3CCN(Cc4ccccc4)CC3)o2)cc1.Cl. The van der Waals surface area contributed by atoms with Gasteiger partial charge in [0, 0.05) is 18.7 Å². The van der Waals surface area contributed by atoms with Crippen LogP contribution in [0.3, 0.4) is 0 Å². The largest absolute Gasteiger partial charge is 0.412 e. The van der Waals surface area contributed by atoms with E-state index in [9.17, 15) is 13.2 Å². The number of sulfone groups is 1. The second-order valence-corrected chi connectivity index (χ2v) is 10.9. The molecule has 0 aliphatic carbocycles. The lowest BCUT2D eigenvalue weighted by atomic mass is 9.93. The molecule has 0 radical (unpaired) electrons. The van der Waals surface area contributed by atoms with E-state index < -0.39 is 15.7 Å². The molecule has 8 nitrogen and oxygen atoms in total. The summed E-state index contributed by atoms with van der Waals surface area (Å²) in [6, 6.07) is 16.7. The van der Waals surface area contributed by atoms with Crippen molar-refractivity contribution in [3.8, 4) is 11.5 Å². The van der Waals surface area contributed by atoms with Crippen molar-refractivity contribution >= 4 is 28.2 Å². The number of rotatable bonds is 9. The molecule has 1 aromatic heterocycles. The molecule has 1 aliphatic heterocycles. The van der Waals surface area contributed by atoms with E-state index in [2.05, 4.69) is 44.7 Å². The van der Waals surface area contributed by atoms with Crippen LogP contribution in [0.25, 0.3) is 11.5 Å². The fourth-order valence-electron chi connectivity index (χ4n) is 4.14. The minimum Gasteiger partial charge on any atom is -0.412 e. The van der Waals surface area contributed by atoms with E-state index in [1.807, 2.05) is 6.07 Å². The number of hydrogen-bond acceptors (Lipinski definition) is 7. The molecule has 3 aromatic rings. The molecular formula is C25H31ClN4O4S. The lowest BCUT2D eigenvalue weighted by Gasteiger charge is -2.32. The number of benzene rings is 2. The van der Waals surface area contributed by atoms with Crippen LogP contribution >= 0.6 is 12.4 Å². The van der Waals surface area contributed by atoms with Crippen molar-refractivity contribution in [2.45, 2.75) is 37.6 Å². The van der Waals surface area contributed by atoms with Crippen LogP contribution in [-0.2, 0) is 16.4 Å². The molecule has 0 spiro atoms. The molecule has 1 saturated heterocycles. The average molecular weight is 519 g/mol. The molecule has 1 amide bonds. The molecular weight excluding hydrogens is 488 g/mol. The summed E-state index contributed by atoms with van der Waals surface area (Å²) in [7, 11) is -3.28. The van der Waals surface area contributed by atoms with Crippen molar-refractivity contribution in [3.05, 3.63) is 66.1 Å². The molecule has 2 heterocycles. The highest BCUT2D eigenvalue weighted by atomic mass is 35.5. The first-order chi connectivity index (χ1) is 16.4. The van der Waals surface area contributed by atoms with Crippen molar-refractivity contribution in [1.82, 2.24) is 20.4 Å². The molecule has 1 aliphatic rings. The highest BCUT2D eigenvalue weighted by Crippen LogP contribution is 2.22. The Morgan fingerprint density at radius 1 is 1.06 bits per heavy atom. The zero-order valence-electron chi connectivity index (χ0n) is 19.7. The quantitative estimate of drug-likeness (QED) is 0.456. The van der Waals surface area contributed by atoms with E-state index in [0.717, 1.165) is 38.9 Å². The number of likely N-dealkylation sites (tertiary alicyclic amines) is 1. The van der Waals surface area contributed by atoms with Gasteiger partial charge in [0.05, 0.1) is 10.6 Å². The number of aromatic nitrogens is 2. The second kappa shape index (κ2) is 12.3. The van der Waals surface area contributed by atoms with Gasteiger partial charge in [0.2, 0.25) is 5.89 Å². The van der Waals surface area contributed by atoms with E-state index in [1.165, 1.54) is 17.7 Å². The minimum atomic E-state index is -3.28. The van der Waals surface area contributed by atoms with Gasteiger partial charge < -0.3 is 9.73 Å². The zero-order valence-corrected chi connectivity index (χ0v) is 21.4. The number of nitrogens with zero attached hydrogens (tertiary/aromatic N) is 3. The predicted molar refractivity (Wildman–Crippen MR) is 136 cm³/mol. The molecule has 188 valence electrons. The number of piperidine rings is 1. The smallest absolute Gasteiger partial charge is 0.308 e. The van der Waals surface area contributed by atoms with Gasteiger partial charge >= 0.3 is 11.8 Å². The molecule has 0 saturated carbocycles. The number of carbonyl (C=O) groups is 1. The number of hydrogen-bond donors (Lipinski definition) is 1. The maximum atomic E-state index is 12.4. The lowest BCUT2D eigenvalue weighted by molar-refractivity contribution is 0.0913. The van der Waals surface area contributed by atoms with Crippen molar-refractivity contribution < 1.29 is 17.6 Å². The summed E-state index contributed by atoms with van der Waals surface area (Å²) in [5.74, 6) is 0.299. The first kappa shape index (κ1) is 26.8. The summed E-state index contributed by atoms with van der Waals surface area (Å²) in [4.78, 5) is 15.1. The van der Waals surface area contributed by atoms with Crippen LogP contribution in [0.15, 0.2) is 63.9 Å². The standard InChI is InChI=1S/C25H30N4O4S.ClH/c1-2-34(31,32)22-10-8-21(9-11-22)24-27-28-25(33-24)23(30)26-15-12-19-13-16-29(17-14-19)18-20-6-4-3-5-7-20;/h3-11,19H,2,12-18H2,1H3,(H,26,30);1H. The van der Waals surface area contributed by atoms with Crippen LogP contribution in [-0.4, -0.2) is 54.8 Å². The number of nitrogens with one attached hydrogen (secondary N) is 1. The maximum absolute atomic E-state index is 12.4. The molecule has 1 fully saturated rings. The van der Waals surface area contributed by atoms with Gasteiger partial charge in [-0.15, -0.1) is 22.6 Å². The van der Waals surface area contributed by atoms with Crippen LogP contribution in [0.5, 0.6) is 0 Å². The van der Waals surface area contributed by atoms with E-state index in [0.29, 0.717) is 18.0 Å². The van der Waals surface area contributed by atoms with Gasteiger partial charge in [0.1, 0.15) is 0 Å². The van der Waals surface area contributed by atoms with Crippen LogP contribution < -0.4 is 5.32 Å². The molecule has 1 N–H and O–H groups in total. The van der Waals surface area contributed by atoms with Gasteiger partial charge in [-0.25, -0.2) is 8.42 Å². The third-order valence-corrected chi connectivity index (χ3v) is 8.00. The third kappa shape index (κ3) is 7.13. The molecule has 0 atom stereocenters. The summed E-state index contributed by atoms with van der Waals surface area (Å²) < 4.78 is 29.4. The first-order valence-corrected chi connectivity index (χ1v) is 13.3. The van der Waals surface area contributed by atoms with E-state index in [4.69, 9.17) is 4.42 Å². The molecule has 0 unspecified atom stereocenters. The Morgan fingerprint density at radius 2 is 1.74 bits per heavy atom. The molecule has 10 heteroatoms. The summed E-state index contributed by atoms with van der Waals surface area (Å²) in [6.07, 6.45) is 3.16. The van der Waals surface area contributed by atoms with Crippen molar-refractivity contribution in [2.75, 3.05) is 25.4 Å². The summed E-state index contributed by atoms with van der Waals surface area (Å²) in [5.41, 5.74) is 1.90. The predicted octanol–water partition coefficient (Wildman–Crippen LogP) is 3.98. The summed E-state index contributed by atoms with van der Waals surface area (Å²) in [5, 5.41) is 10.6. The Balaban J connectivity index is 0.00000342. The minimum absolute atomic E-state index is 0. The van der Waals surface area contributed by atoms with Gasteiger partial charge in [-0.1, -0.05) is 37.3 Å². The van der Waals surface area contributed by atoms with Gasteiger partial charge in [0.15, 0.2) is 9.84 Å². The Hall–Kier alpha value is -2.75. The number of amides is 1. The molecule has 4 rings (SSSR count). The Bertz CT molecular complexity index is 1190. The first-order valence-electron chi connectivity index (χ1n) is 11.7. The third-order valence-electron chi connectivity index (χ3n) is 6.25. The lowest BCUT2D eigenvalue weighted by Crippen LogP contribution is -2.34. The Kier molecular flexibility index (Phi) is 9.42. The van der Waals surface area contributed by atoms with Crippen LogP contribution in [0.4, 0.5) is 0 Å². The van der Waals surface area contributed by atoms with Gasteiger partial charge in [-0.3, -0.25) is 9.69 Å². The van der Waals surface area contributed by atoms with Gasteiger partial charge in [-0.2, -0.15) is 0 Å². The van der Waals surface area contributed by atoms with E-state index >= 15 is 0 Å². The average Bonchev–Trinajstić information content (AvgIpc) is 3.36. The highest BCUT2D eigenvalue weighted by molar-refractivity contribution is 7.91. The van der Waals surface area contributed by atoms with Crippen molar-refractivity contribution in [3.63, 3.8) is 0 Å². The van der Waals surface area contributed by atoms with E-state index in [1.54, 1.807) is 19.1 Å². The van der Waals surface area contributed by atoms with Crippen LogP contribution in [0.1, 0.15) is 42.4 Å². The Labute approximate surface area is 212 Å². The monoisotopic (exact) mass is 518 g/mol. The Morgan fingerprint density at radius 3 is 2.40 bits per heavy atom. The van der Waals surface area contributed by atoms with Crippen molar-refractivity contribution in [1.29, 1.82) is 0 Å². The number of halogens is 1. The maximum Gasteiger partial charge on any atom is 0.308 e. The summed E-state index contributed by atoms with van der Waals surface area (Å²) in [6.45, 7) is 5.28. The van der Waals surface area contributed by atoms with Crippen LogP contribution in [0.2, 0.25) is 0 Å². The van der Waals surface area contributed by atoms with Crippen LogP contribution in [0, 0.1) is 5.92 Å². The topological polar surface area (TPSA) is 105 Å². The normalized spacial score (nSPS) is 14.9. The molecule has 0 bridgehead atoms. The zero-order chi connectivity index (χ0) is 24.0. The summed E-state index contributed by atoms with van der Waals surface area (Å²) >= 11 is 0. The molecule has 2 aromatic carbocycles. The molecule has 35 heavy (non-hydrogen) atoms. The van der Waals surface area contributed by atoms with Crippen molar-refractivity contribution in [2.24, 2.45) is 5.92 Å².